The van der Waals surface area contributed by atoms with Gasteiger partial charge < -0.3 is 56.7 Å². The maximum atomic E-state index is 13.4. The van der Waals surface area contributed by atoms with Gasteiger partial charge in [0.05, 0.1) is 78.6 Å². The topological polar surface area (TPSA) is 263 Å². The number of carboxylic acids is 1. The van der Waals surface area contributed by atoms with Crippen molar-refractivity contribution in [2.75, 3.05) is 39.6 Å². The van der Waals surface area contributed by atoms with Gasteiger partial charge in [-0.05, 0) is 329 Å². The molecule has 0 saturated heterocycles. The Morgan fingerprint density at radius 1 is 0.365 bits per heavy atom. The monoisotopic (exact) mass is 1880 g/mol. The molecular weight excluding hydrogens is 1760 g/mol. The van der Waals surface area contributed by atoms with E-state index in [4.69, 9.17) is 62.3 Å². The summed E-state index contributed by atoms with van der Waals surface area (Å²) >= 11 is 0. The number of aliphatic carboxylic acids is 1. The SMILES string of the molecule is CCOC(=O)[C@@H](OC(C)(C)C)c1c(C)cc2c(C)cccc2c1-c1ccc2c3c(ccnc13)CCO2.CCOC(=O)[C@@H](OC(C)(C)C)c1c(C)cc2c(C)cccc2c1-c1ccc2c3c(ccnc13)CCO2.CCOC(=O)[C@@H](OC(C)(C)C)c1c(C)cc2c(C)cccc2c1OS(=O)(=O)C(F)(F)F.Cc1cc2c(C)cccc2c(-c2ccc3c4c(ccnc24)CCO3)c1[C@H](OC(C)(C)C)C(=O)O. The van der Waals surface area contributed by atoms with Crippen LogP contribution in [-0.4, -0.2) is 120 Å². The number of carbonyl (C=O) groups excluding carboxylic acids is 3. The lowest BCUT2D eigenvalue weighted by Crippen LogP contribution is -2.31. The zero-order chi connectivity index (χ0) is 99.2. The molecule has 0 radical (unpaired) electrons. The maximum absolute atomic E-state index is 13.4. The number of halogens is 3. The molecule has 21 nitrogen and oxygen atoms in total. The number of carbonyl (C=O) groups is 4. The van der Waals surface area contributed by atoms with E-state index in [-0.39, 0.29) is 42.7 Å². The number of fused-ring (bicyclic) bond motifs is 4. The quantitative estimate of drug-likeness (QED) is 0.0322. The molecule has 0 amide bonds. The zero-order valence-corrected chi connectivity index (χ0v) is 82.9. The molecule has 3 aliphatic heterocycles. The first-order valence-electron chi connectivity index (χ1n) is 46.3. The molecule has 25 heteroatoms. The Morgan fingerprint density at radius 2 is 0.635 bits per heavy atom. The standard InChI is InChI=1S/2C31H33NO4.C29H29NO4.C21H25F3O6S/c2*1-7-34-30(33)29(36-31(4,5)6)25-19(3)17-23-18(2)9-8-10-21(23)27(25)22-11-12-24-26-20(14-16-35-24)13-15-32-28(22)26;1-16-7-6-8-19-21(16)15-17(2)23(27(28(31)32)34-29(3,4)5)25(19)20-9-10-22-24-18(12-14-33-22)11-13-30-26(20)24;1-7-28-19(25)18(29-20(4,5)6)16-13(3)11-15-12(2)9-8-10-14(15)17(16)30-31(26,27)21(22,23)24/h2*8-13,15,17,29H,7,14,16H2,1-6H3;6-11,13,15,27H,12,14H2,1-5H3,(H,31,32);8-11,18H,7H2,1-6H3/t2*29-;27-;18-/m0000/s1. The number of aromatic nitrogens is 3. The first kappa shape index (κ1) is 100. The van der Waals surface area contributed by atoms with E-state index in [2.05, 4.69) is 116 Å². The highest BCUT2D eigenvalue weighted by molar-refractivity contribution is 7.88. The van der Waals surface area contributed by atoms with Gasteiger partial charge in [0.25, 0.3) is 0 Å². The van der Waals surface area contributed by atoms with E-state index in [1.54, 1.807) is 52.8 Å². The molecule has 3 aromatic heterocycles. The van der Waals surface area contributed by atoms with E-state index in [0.29, 0.717) is 41.9 Å². The lowest BCUT2D eigenvalue weighted by Gasteiger charge is -2.30. The molecule has 6 heterocycles. The fourth-order valence-electron chi connectivity index (χ4n) is 18.6. The summed E-state index contributed by atoms with van der Waals surface area (Å²) in [5.41, 5.74) is 13.0. The highest BCUT2D eigenvalue weighted by Gasteiger charge is 2.50. The Morgan fingerprint density at radius 3 is 0.920 bits per heavy atom. The summed E-state index contributed by atoms with van der Waals surface area (Å²) in [6.45, 7) is 45.7. The molecule has 4 atom stereocenters. The summed E-state index contributed by atoms with van der Waals surface area (Å²) in [7, 11) is -6.02. The first-order chi connectivity index (χ1) is 64.6. The molecule has 0 aliphatic carbocycles. The minimum atomic E-state index is -6.02. The van der Waals surface area contributed by atoms with Crippen LogP contribution in [0.2, 0.25) is 0 Å². The van der Waals surface area contributed by atoms with Crippen LogP contribution in [0.1, 0.15) is 212 Å². The number of hydrogen-bond acceptors (Lipinski definition) is 20. The predicted octanol–water partition coefficient (Wildman–Crippen LogP) is 25.7. The molecule has 0 unspecified atom stereocenters. The summed E-state index contributed by atoms with van der Waals surface area (Å²) < 4.78 is 127. The van der Waals surface area contributed by atoms with Crippen molar-refractivity contribution < 1.29 is 97.4 Å². The highest BCUT2D eigenvalue weighted by atomic mass is 32.2. The Kier molecular flexibility index (Phi) is 29.1. The van der Waals surface area contributed by atoms with Crippen LogP contribution in [0.4, 0.5) is 13.2 Å². The number of pyridine rings is 3. The Balaban J connectivity index is 0.000000146. The Hall–Kier alpha value is -12.7. The molecule has 0 spiro atoms. The average Bonchev–Trinajstić information content (AvgIpc) is 0.735. The smallest absolute Gasteiger partial charge is 0.493 e. The number of rotatable bonds is 20. The molecule has 3 aliphatic rings. The third-order valence-electron chi connectivity index (χ3n) is 24.2. The van der Waals surface area contributed by atoms with E-state index in [1.807, 2.05) is 152 Å². The van der Waals surface area contributed by atoms with Gasteiger partial charge >= 0.3 is 39.5 Å². The number of carboxylic acid groups (broad SMARTS) is 1. The summed E-state index contributed by atoms with van der Waals surface area (Å²) in [6.07, 6.45) is 3.68. The molecule has 14 aromatic rings. The van der Waals surface area contributed by atoms with Crippen LogP contribution in [-0.2, 0) is 81.7 Å². The maximum Gasteiger partial charge on any atom is 0.534 e. The second kappa shape index (κ2) is 39.8. The van der Waals surface area contributed by atoms with Gasteiger partial charge in [0, 0.05) is 98.3 Å². The predicted molar refractivity (Wildman–Crippen MR) is 531 cm³/mol. The molecule has 0 saturated carbocycles. The summed E-state index contributed by atoms with van der Waals surface area (Å²) in [5.74, 6) is -0.740. The summed E-state index contributed by atoms with van der Waals surface area (Å²) in [5, 5.41) is 20.4. The van der Waals surface area contributed by atoms with Crippen molar-refractivity contribution in [1.29, 1.82) is 0 Å². The average molecular weight is 1890 g/mol. The highest BCUT2D eigenvalue weighted by Crippen LogP contribution is 2.52. The number of hydrogen-bond donors (Lipinski definition) is 1. The zero-order valence-electron chi connectivity index (χ0n) is 82.1. The van der Waals surface area contributed by atoms with Gasteiger partial charge in [0.2, 0.25) is 0 Å². The third-order valence-corrected chi connectivity index (χ3v) is 25.2. The largest absolute Gasteiger partial charge is 0.534 e. The van der Waals surface area contributed by atoms with E-state index >= 15 is 0 Å². The number of nitrogens with zero attached hydrogens (tertiary/aromatic N) is 3. The molecule has 0 bridgehead atoms. The number of benzene rings is 11. The van der Waals surface area contributed by atoms with Gasteiger partial charge in [-0.15, -0.1) is 0 Å². The molecule has 137 heavy (non-hydrogen) atoms. The van der Waals surface area contributed by atoms with Crippen molar-refractivity contribution in [3.8, 4) is 56.4 Å². The van der Waals surface area contributed by atoms with Gasteiger partial charge in [-0.2, -0.15) is 21.6 Å². The van der Waals surface area contributed by atoms with Gasteiger partial charge in [-0.25, -0.2) is 19.2 Å². The fourth-order valence-corrected chi connectivity index (χ4v) is 19.1. The Bertz CT molecular complexity index is 6950. The normalized spacial score (nSPS) is 14.1. The molecular formula is C112H120F3N3O18S. The lowest BCUT2D eigenvalue weighted by atomic mass is 9.84. The fraction of sp³-hybridized carbons (Fsp3) is 0.366. The van der Waals surface area contributed by atoms with Gasteiger partial charge in [0.1, 0.15) is 17.2 Å². The van der Waals surface area contributed by atoms with Crippen molar-refractivity contribution in [3.05, 3.63) is 254 Å². The Labute approximate surface area is 798 Å². The van der Waals surface area contributed by atoms with E-state index < -0.39 is 80.1 Å². The van der Waals surface area contributed by atoms with Crippen molar-refractivity contribution >= 4 is 110 Å². The van der Waals surface area contributed by atoms with Gasteiger partial charge in [-0.1, -0.05) is 97.1 Å². The number of alkyl halides is 3. The van der Waals surface area contributed by atoms with Crippen LogP contribution < -0.4 is 18.4 Å². The van der Waals surface area contributed by atoms with E-state index in [0.717, 1.165) is 168 Å². The number of aryl methyl sites for hydroxylation is 8. The van der Waals surface area contributed by atoms with E-state index in [9.17, 15) is 45.9 Å². The van der Waals surface area contributed by atoms with Crippen LogP contribution >= 0.6 is 0 Å². The molecule has 11 aromatic carbocycles. The lowest BCUT2D eigenvalue weighted by molar-refractivity contribution is -0.167. The van der Waals surface area contributed by atoms with Crippen LogP contribution in [0, 0.1) is 55.4 Å². The van der Waals surface area contributed by atoms with Gasteiger partial charge in [0.15, 0.2) is 30.2 Å². The van der Waals surface area contributed by atoms with Crippen molar-refractivity contribution in [3.63, 3.8) is 0 Å². The van der Waals surface area contributed by atoms with Crippen molar-refractivity contribution in [1.82, 2.24) is 15.0 Å². The van der Waals surface area contributed by atoms with Crippen molar-refractivity contribution in [2.24, 2.45) is 0 Å². The van der Waals surface area contributed by atoms with Gasteiger partial charge in [-0.3, -0.25) is 15.0 Å². The third kappa shape index (κ3) is 21.1. The minimum Gasteiger partial charge on any atom is -0.493 e. The van der Waals surface area contributed by atoms with Crippen LogP contribution in [0.3, 0.4) is 0 Å². The summed E-state index contributed by atoms with van der Waals surface area (Å²) in [4.78, 5) is 66.6. The number of esters is 3. The first-order valence-corrected chi connectivity index (χ1v) is 47.7. The molecule has 1 N–H and O–H groups in total. The minimum absolute atomic E-state index is 0.00832. The van der Waals surface area contributed by atoms with Crippen LogP contribution in [0.25, 0.3) is 109 Å². The second-order valence-electron chi connectivity index (χ2n) is 38.8. The van der Waals surface area contributed by atoms with Crippen LogP contribution in [0.15, 0.2) is 170 Å². The van der Waals surface area contributed by atoms with Crippen molar-refractivity contribution in [2.45, 2.75) is 231 Å². The summed E-state index contributed by atoms with van der Waals surface area (Å²) in [6, 6.07) is 49.8. The molecule has 17 rings (SSSR count). The molecule has 0 fully saturated rings. The van der Waals surface area contributed by atoms with E-state index in [1.165, 1.54) is 40.8 Å². The second-order valence-corrected chi connectivity index (χ2v) is 40.3. The van der Waals surface area contributed by atoms with Crippen LogP contribution in [0.5, 0.6) is 23.0 Å². The number of ether oxygens (including phenoxy) is 10. The molecule has 718 valence electrons.